The van der Waals surface area contributed by atoms with Crippen LogP contribution >= 0.6 is 0 Å². The molecule has 0 aliphatic heterocycles. The number of hydrogen-bond donors (Lipinski definition) is 0. The minimum Gasteiger partial charge on any atom is -0.456 e. The quantitative estimate of drug-likeness (QED) is 0.647. The standard InChI is InChI=1S/C16H14N2O6S2/c1-25(19,20)13-7-8-14(15(9-13)26(2,21)22)24-12-5-3-11(4-6-12)16-18-17-10-23-16/h3-10H,1-2H3. The molecular weight excluding hydrogens is 380 g/mol. The van der Waals surface area contributed by atoms with Gasteiger partial charge < -0.3 is 9.15 Å². The van der Waals surface area contributed by atoms with Gasteiger partial charge in [0.05, 0.1) is 4.90 Å². The zero-order chi connectivity index (χ0) is 18.9. The molecule has 0 fully saturated rings. The summed E-state index contributed by atoms with van der Waals surface area (Å²) >= 11 is 0. The second-order valence-corrected chi connectivity index (χ2v) is 9.52. The SMILES string of the molecule is CS(=O)(=O)c1ccc(Oc2ccc(-c3nnco3)cc2)c(S(C)(=O)=O)c1. The largest absolute Gasteiger partial charge is 0.456 e. The predicted molar refractivity (Wildman–Crippen MR) is 92.5 cm³/mol. The summed E-state index contributed by atoms with van der Waals surface area (Å²) in [6.07, 6.45) is 3.20. The van der Waals surface area contributed by atoms with Gasteiger partial charge in [0.1, 0.15) is 16.4 Å². The average molecular weight is 394 g/mol. The van der Waals surface area contributed by atoms with Crippen LogP contribution in [0.2, 0.25) is 0 Å². The molecule has 0 atom stereocenters. The van der Waals surface area contributed by atoms with Crippen LogP contribution in [-0.2, 0) is 19.7 Å². The summed E-state index contributed by atoms with van der Waals surface area (Å²) in [7, 11) is -7.25. The van der Waals surface area contributed by atoms with Crippen LogP contribution in [0.3, 0.4) is 0 Å². The predicted octanol–water partition coefficient (Wildman–Crippen LogP) is 2.34. The van der Waals surface area contributed by atoms with Gasteiger partial charge in [0, 0.05) is 18.1 Å². The van der Waals surface area contributed by atoms with Crippen molar-refractivity contribution in [3.63, 3.8) is 0 Å². The number of benzene rings is 2. The molecule has 0 radical (unpaired) electrons. The molecule has 0 unspecified atom stereocenters. The van der Waals surface area contributed by atoms with Crippen molar-refractivity contribution in [1.82, 2.24) is 10.2 Å². The van der Waals surface area contributed by atoms with E-state index in [1.807, 2.05) is 0 Å². The van der Waals surface area contributed by atoms with Gasteiger partial charge in [-0.3, -0.25) is 0 Å². The maximum Gasteiger partial charge on any atom is 0.247 e. The first-order valence-electron chi connectivity index (χ1n) is 7.23. The number of hydrogen-bond acceptors (Lipinski definition) is 8. The van der Waals surface area contributed by atoms with Gasteiger partial charge in [-0.2, -0.15) is 0 Å². The second-order valence-electron chi connectivity index (χ2n) is 5.52. The Bertz CT molecular complexity index is 1140. The molecule has 0 saturated carbocycles. The van der Waals surface area contributed by atoms with E-state index in [1.165, 1.54) is 18.5 Å². The van der Waals surface area contributed by atoms with Crippen LogP contribution in [0.5, 0.6) is 11.5 Å². The van der Waals surface area contributed by atoms with Crippen LogP contribution in [0.25, 0.3) is 11.5 Å². The van der Waals surface area contributed by atoms with Crippen molar-refractivity contribution < 1.29 is 26.0 Å². The Morgan fingerprint density at radius 2 is 1.62 bits per heavy atom. The molecule has 0 amide bonds. The molecule has 8 nitrogen and oxygen atoms in total. The second kappa shape index (κ2) is 6.54. The van der Waals surface area contributed by atoms with Crippen molar-refractivity contribution >= 4 is 19.7 Å². The van der Waals surface area contributed by atoms with Crippen LogP contribution in [0.1, 0.15) is 0 Å². The molecular formula is C16H14N2O6S2. The van der Waals surface area contributed by atoms with Crippen molar-refractivity contribution in [2.24, 2.45) is 0 Å². The van der Waals surface area contributed by atoms with Crippen molar-refractivity contribution in [1.29, 1.82) is 0 Å². The highest BCUT2D eigenvalue weighted by Crippen LogP contribution is 2.32. The van der Waals surface area contributed by atoms with Gasteiger partial charge >= 0.3 is 0 Å². The first-order valence-corrected chi connectivity index (χ1v) is 11.0. The number of sulfone groups is 2. The molecule has 0 N–H and O–H groups in total. The molecule has 2 aromatic carbocycles. The lowest BCUT2D eigenvalue weighted by Gasteiger charge is -2.11. The number of aromatic nitrogens is 2. The maximum atomic E-state index is 12.0. The normalized spacial score (nSPS) is 12.1. The van der Waals surface area contributed by atoms with E-state index >= 15 is 0 Å². The highest BCUT2D eigenvalue weighted by molar-refractivity contribution is 7.91. The average Bonchev–Trinajstić information content (AvgIpc) is 3.08. The fourth-order valence-corrected chi connectivity index (χ4v) is 3.72. The van der Waals surface area contributed by atoms with E-state index in [1.54, 1.807) is 24.3 Å². The third kappa shape index (κ3) is 3.92. The summed E-state index contributed by atoms with van der Waals surface area (Å²) in [6.45, 7) is 0. The highest BCUT2D eigenvalue weighted by Gasteiger charge is 2.19. The molecule has 0 saturated heterocycles. The summed E-state index contributed by atoms with van der Waals surface area (Å²) in [5.41, 5.74) is 0.672. The van der Waals surface area contributed by atoms with Gasteiger partial charge in [0.2, 0.25) is 12.3 Å². The number of nitrogens with zero attached hydrogens (tertiary/aromatic N) is 2. The molecule has 0 spiro atoms. The molecule has 1 aromatic heterocycles. The topological polar surface area (TPSA) is 116 Å². The van der Waals surface area contributed by atoms with Gasteiger partial charge in [0.15, 0.2) is 19.7 Å². The Morgan fingerprint density at radius 3 is 2.15 bits per heavy atom. The lowest BCUT2D eigenvalue weighted by atomic mass is 10.2. The fourth-order valence-electron chi connectivity index (χ4n) is 2.18. The Balaban J connectivity index is 1.97. The van der Waals surface area contributed by atoms with Crippen LogP contribution in [0.4, 0.5) is 0 Å². The molecule has 0 aliphatic carbocycles. The summed E-state index contributed by atoms with van der Waals surface area (Å²) in [4.78, 5) is -0.307. The molecule has 3 aromatic rings. The summed E-state index contributed by atoms with van der Waals surface area (Å²) in [6, 6.07) is 10.3. The van der Waals surface area contributed by atoms with Crippen LogP contribution in [-0.4, -0.2) is 39.5 Å². The Hall–Kier alpha value is -2.72. The summed E-state index contributed by atoms with van der Waals surface area (Å²) in [5, 5.41) is 7.38. The molecule has 26 heavy (non-hydrogen) atoms. The minimum atomic E-state index is -3.70. The first kappa shape index (κ1) is 18.1. The van der Waals surface area contributed by atoms with Crippen LogP contribution in [0, 0.1) is 0 Å². The third-order valence-electron chi connectivity index (χ3n) is 3.43. The number of rotatable bonds is 5. The van der Waals surface area contributed by atoms with Gasteiger partial charge in [-0.15, -0.1) is 10.2 Å². The molecule has 136 valence electrons. The van der Waals surface area contributed by atoms with Gasteiger partial charge in [-0.25, -0.2) is 16.8 Å². The molecule has 3 rings (SSSR count). The van der Waals surface area contributed by atoms with E-state index in [9.17, 15) is 16.8 Å². The maximum absolute atomic E-state index is 12.0. The smallest absolute Gasteiger partial charge is 0.247 e. The van der Waals surface area contributed by atoms with Gasteiger partial charge in [-0.05, 0) is 42.5 Å². The van der Waals surface area contributed by atoms with Crippen molar-refractivity contribution in [2.75, 3.05) is 12.5 Å². The Labute approximate surface area is 150 Å². The monoisotopic (exact) mass is 394 g/mol. The van der Waals surface area contributed by atoms with E-state index in [2.05, 4.69) is 10.2 Å². The molecule has 1 heterocycles. The molecule has 10 heteroatoms. The van der Waals surface area contributed by atoms with Gasteiger partial charge in [-0.1, -0.05) is 0 Å². The van der Waals surface area contributed by atoms with Gasteiger partial charge in [0.25, 0.3) is 0 Å². The Morgan fingerprint density at radius 1 is 0.923 bits per heavy atom. The zero-order valence-electron chi connectivity index (χ0n) is 13.8. The van der Waals surface area contributed by atoms with Crippen LogP contribution < -0.4 is 4.74 Å². The lowest BCUT2D eigenvalue weighted by Crippen LogP contribution is -2.04. The molecule has 0 aliphatic rings. The lowest BCUT2D eigenvalue weighted by molar-refractivity contribution is 0.467. The third-order valence-corrected chi connectivity index (χ3v) is 5.66. The van der Waals surface area contributed by atoms with Crippen molar-refractivity contribution in [3.05, 3.63) is 48.9 Å². The first-order chi connectivity index (χ1) is 12.1. The summed E-state index contributed by atoms with van der Waals surface area (Å²) in [5.74, 6) is 0.738. The number of ether oxygens (including phenoxy) is 1. The van der Waals surface area contributed by atoms with E-state index < -0.39 is 19.7 Å². The van der Waals surface area contributed by atoms with E-state index in [-0.39, 0.29) is 15.5 Å². The fraction of sp³-hybridized carbons (Fsp3) is 0.125. The van der Waals surface area contributed by atoms with Crippen molar-refractivity contribution in [3.8, 4) is 23.0 Å². The minimum absolute atomic E-state index is 0.0328. The zero-order valence-corrected chi connectivity index (χ0v) is 15.4. The van der Waals surface area contributed by atoms with E-state index in [0.717, 1.165) is 18.6 Å². The summed E-state index contributed by atoms with van der Waals surface area (Å²) < 4.78 is 58.1. The van der Waals surface area contributed by atoms with Crippen molar-refractivity contribution in [2.45, 2.75) is 9.79 Å². The van der Waals surface area contributed by atoms with E-state index in [4.69, 9.17) is 9.15 Å². The molecule has 0 bridgehead atoms. The van der Waals surface area contributed by atoms with Crippen LogP contribution in [0.15, 0.2) is 63.1 Å². The Kier molecular flexibility index (Phi) is 4.55. The van der Waals surface area contributed by atoms with E-state index in [0.29, 0.717) is 17.2 Å². The highest BCUT2D eigenvalue weighted by atomic mass is 32.2.